The zero-order valence-electron chi connectivity index (χ0n) is 15.6. The Bertz CT molecular complexity index is 1000. The molecule has 148 valence electrons. The van der Waals surface area contributed by atoms with E-state index in [1.807, 2.05) is 30.3 Å². The van der Waals surface area contributed by atoms with Gasteiger partial charge in [0.2, 0.25) is 11.8 Å². The van der Waals surface area contributed by atoms with Gasteiger partial charge in [-0.3, -0.25) is 9.59 Å². The monoisotopic (exact) mass is 408 g/mol. The predicted molar refractivity (Wildman–Crippen MR) is 110 cm³/mol. The van der Waals surface area contributed by atoms with Gasteiger partial charge in [-0.2, -0.15) is 0 Å². The van der Waals surface area contributed by atoms with Crippen LogP contribution < -0.4 is 10.6 Å². The summed E-state index contributed by atoms with van der Waals surface area (Å²) in [7, 11) is 0. The lowest BCUT2D eigenvalue weighted by Gasteiger charge is -2.10. The van der Waals surface area contributed by atoms with Gasteiger partial charge in [0, 0.05) is 6.04 Å². The second kappa shape index (κ2) is 8.91. The van der Waals surface area contributed by atoms with Crippen LogP contribution in [-0.2, 0) is 11.2 Å². The molecule has 1 aliphatic rings. The van der Waals surface area contributed by atoms with Crippen molar-refractivity contribution in [1.82, 2.24) is 15.5 Å². The molecule has 1 aromatic heterocycles. The number of thioether (sulfide) groups is 1. The molecule has 1 heterocycles. The maximum absolute atomic E-state index is 12.3. The van der Waals surface area contributed by atoms with E-state index < -0.39 is 0 Å². The van der Waals surface area contributed by atoms with Crippen molar-refractivity contribution in [1.29, 1.82) is 0 Å². The number of nitrogens with one attached hydrogen (secondary N) is 2. The number of para-hydroxylation sites is 1. The quantitative estimate of drug-likeness (QED) is 0.555. The summed E-state index contributed by atoms with van der Waals surface area (Å²) in [6, 6.07) is 17.1. The maximum Gasteiger partial charge on any atom is 0.277 e. The molecule has 1 aliphatic carbocycles. The Kier molecular flexibility index (Phi) is 5.90. The smallest absolute Gasteiger partial charge is 0.277 e. The lowest BCUT2D eigenvalue weighted by atomic mass is 10.1. The molecule has 0 spiro atoms. The van der Waals surface area contributed by atoms with Crippen molar-refractivity contribution >= 4 is 29.3 Å². The standard InChI is InChI=1S/C21H20N4O3S/c26-18(23-17-9-5-4-8-16(17)20(27)22-15-10-11-15)13-29-21-25-24-19(28-21)12-14-6-2-1-3-7-14/h1-9,15H,10-13H2,(H,22,27)(H,23,26). The molecule has 0 radical (unpaired) electrons. The molecule has 0 atom stereocenters. The summed E-state index contributed by atoms with van der Waals surface area (Å²) in [6.07, 6.45) is 2.56. The molecule has 2 aromatic carbocycles. The van der Waals surface area contributed by atoms with E-state index >= 15 is 0 Å². The summed E-state index contributed by atoms with van der Waals surface area (Å²) in [5, 5.41) is 14.1. The van der Waals surface area contributed by atoms with Crippen molar-refractivity contribution < 1.29 is 14.0 Å². The van der Waals surface area contributed by atoms with Crippen LogP contribution in [0.2, 0.25) is 0 Å². The molecule has 29 heavy (non-hydrogen) atoms. The lowest BCUT2D eigenvalue weighted by molar-refractivity contribution is -0.113. The summed E-state index contributed by atoms with van der Waals surface area (Å²) < 4.78 is 5.60. The van der Waals surface area contributed by atoms with E-state index in [1.165, 1.54) is 0 Å². The third-order valence-electron chi connectivity index (χ3n) is 4.33. The first-order valence-electron chi connectivity index (χ1n) is 9.36. The normalized spacial score (nSPS) is 13.1. The largest absolute Gasteiger partial charge is 0.416 e. The number of carbonyl (C=O) groups excluding carboxylic acids is 2. The number of benzene rings is 2. The van der Waals surface area contributed by atoms with Crippen LogP contribution in [0.15, 0.2) is 64.2 Å². The van der Waals surface area contributed by atoms with Gasteiger partial charge in [0.1, 0.15) is 0 Å². The third-order valence-corrected chi connectivity index (χ3v) is 5.15. The fourth-order valence-electron chi connectivity index (χ4n) is 2.73. The van der Waals surface area contributed by atoms with Crippen molar-refractivity contribution in [2.24, 2.45) is 0 Å². The van der Waals surface area contributed by atoms with Gasteiger partial charge in [-0.1, -0.05) is 54.2 Å². The van der Waals surface area contributed by atoms with Crippen LogP contribution in [0.25, 0.3) is 0 Å². The molecule has 0 saturated heterocycles. The van der Waals surface area contributed by atoms with Crippen LogP contribution in [0.3, 0.4) is 0 Å². The third kappa shape index (κ3) is 5.45. The molecule has 1 fully saturated rings. The molecule has 0 unspecified atom stereocenters. The topological polar surface area (TPSA) is 97.1 Å². The van der Waals surface area contributed by atoms with Crippen molar-refractivity contribution in [2.45, 2.75) is 30.5 Å². The van der Waals surface area contributed by atoms with E-state index in [0.717, 1.165) is 30.2 Å². The van der Waals surface area contributed by atoms with Gasteiger partial charge in [0.05, 0.1) is 23.4 Å². The molecule has 4 rings (SSSR count). The molecule has 0 aliphatic heterocycles. The summed E-state index contributed by atoms with van der Waals surface area (Å²) >= 11 is 1.16. The molecule has 0 bridgehead atoms. The first kappa shape index (κ1) is 19.2. The van der Waals surface area contributed by atoms with Crippen LogP contribution in [0.5, 0.6) is 0 Å². The highest BCUT2D eigenvalue weighted by Crippen LogP contribution is 2.22. The van der Waals surface area contributed by atoms with E-state index in [9.17, 15) is 9.59 Å². The Morgan fingerprint density at radius 1 is 1.03 bits per heavy atom. The van der Waals surface area contributed by atoms with Gasteiger partial charge in [-0.15, -0.1) is 10.2 Å². The molecule has 3 aromatic rings. The van der Waals surface area contributed by atoms with E-state index in [1.54, 1.807) is 24.3 Å². The minimum absolute atomic E-state index is 0.103. The lowest BCUT2D eigenvalue weighted by Crippen LogP contribution is -2.27. The number of nitrogens with zero attached hydrogens (tertiary/aromatic N) is 2. The number of rotatable bonds is 8. The number of aromatic nitrogens is 2. The Morgan fingerprint density at radius 3 is 2.59 bits per heavy atom. The van der Waals surface area contributed by atoms with Crippen molar-refractivity contribution in [3.8, 4) is 0 Å². The van der Waals surface area contributed by atoms with Gasteiger partial charge >= 0.3 is 0 Å². The Labute approximate surface area is 172 Å². The highest BCUT2D eigenvalue weighted by Gasteiger charge is 2.25. The first-order chi connectivity index (χ1) is 14.2. The number of amides is 2. The van der Waals surface area contributed by atoms with Crippen LogP contribution in [0.4, 0.5) is 5.69 Å². The molecule has 2 amide bonds. The minimum Gasteiger partial charge on any atom is -0.416 e. The molecule has 2 N–H and O–H groups in total. The zero-order valence-corrected chi connectivity index (χ0v) is 16.4. The van der Waals surface area contributed by atoms with Crippen molar-refractivity contribution in [3.63, 3.8) is 0 Å². The van der Waals surface area contributed by atoms with E-state index in [4.69, 9.17) is 4.42 Å². The fourth-order valence-corrected chi connectivity index (χ4v) is 3.31. The molecule has 8 heteroatoms. The Morgan fingerprint density at radius 2 is 1.79 bits per heavy atom. The average Bonchev–Trinajstić information content (AvgIpc) is 3.44. The van der Waals surface area contributed by atoms with E-state index in [2.05, 4.69) is 20.8 Å². The second-order valence-electron chi connectivity index (χ2n) is 6.75. The molecule has 1 saturated carbocycles. The number of carbonyl (C=O) groups is 2. The summed E-state index contributed by atoms with van der Waals surface area (Å²) in [6.45, 7) is 0. The molecular formula is C21H20N4O3S. The van der Waals surface area contributed by atoms with Crippen molar-refractivity contribution in [3.05, 3.63) is 71.6 Å². The van der Waals surface area contributed by atoms with Crippen LogP contribution in [0, 0.1) is 0 Å². The predicted octanol–water partition coefficient (Wildman–Crippen LogP) is 3.28. The highest BCUT2D eigenvalue weighted by molar-refractivity contribution is 7.99. The van der Waals surface area contributed by atoms with Crippen molar-refractivity contribution in [2.75, 3.05) is 11.1 Å². The second-order valence-corrected chi connectivity index (χ2v) is 7.68. The molecule has 7 nitrogen and oxygen atoms in total. The number of hydrogen-bond donors (Lipinski definition) is 2. The Hall–Kier alpha value is -3.13. The van der Waals surface area contributed by atoms with Gasteiger partial charge in [-0.25, -0.2) is 0 Å². The van der Waals surface area contributed by atoms with Crippen LogP contribution in [-0.4, -0.2) is 33.8 Å². The van der Waals surface area contributed by atoms with E-state index in [0.29, 0.717) is 28.8 Å². The zero-order chi connectivity index (χ0) is 20.1. The van der Waals surface area contributed by atoms with Crippen LogP contribution >= 0.6 is 11.8 Å². The Balaban J connectivity index is 1.31. The van der Waals surface area contributed by atoms with E-state index in [-0.39, 0.29) is 23.6 Å². The first-order valence-corrected chi connectivity index (χ1v) is 10.3. The minimum atomic E-state index is -0.246. The van der Waals surface area contributed by atoms with Gasteiger partial charge in [0.15, 0.2) is 0 Å². The molecular weight excluding hydrogens is 388 g/mol. The maximum atomic E-state index is 12.3. The summed E-state index contributed by atoms with van der Waals surface area (Å²) in [5.74, 6) is 0.190. The van der Waals surface area contributed by atoms with Gasteiger partial charge in [0.25, 0.3) is 11.1 Å². The summed E-state index contributed by atoms with van der Waals surface area (Å²) in [4.78, 5) is 24.7. The fraction of sp³-hybridized carbons (Fsp3) is 0.238. The van der Waals surface area contributed by atoms with Gasteiger partial charge < -0.3 is 15.1 Å². The average molecular weight is 408 g/mol. The highest BCUT2D eigenvalue weighted by atomic mass is 32.2. The number of hydrogen-bond acceptors (Lipinski definition) is 6. The SMILES string of the molecule is O=C(CSc1nnc(Cc2ccccc2)o1)Nc1ccccc1C(=O)NC1CC1. The number of anilines is 1. The summed E-state index contributed by atoms with van der Waals surface area (Å²) in [5.41, 5.74) is 2.03. The van der Waals surface area contributed by atoms with Crippen LogP contribution in [0.1, 0.15) is 34.7 Å². The van der Waals surface area contributed by atoms with Gasteiger partial charge in [-0.05, 0) is 30.5 Å².